The predicted octanol–water partition coefficient (Wildman–Crippen LogP) is 3.12. The van der Waals surface area contributed by atoms with Crippen molar-refractivity contribution in [1.82, 2.24) is 15.1 Å². The van der Waals surface area contributed by atoms with Crippen LogP contribution in [-0.2, 0) is 6.54 Å². The standard InChI is InChI=1S/C15H22N4S.ClH/c1-15(2)10-19(6-5-13(15)16)9-11-8-17-18-14(11)12-4-3-7-20-12;/h3-4,7-8,13H,5-6,9-10,16H2,1-2H3,(H,17,18);1H. The summed E-state index contributed by atoms with van der Waals surface area (Å²) < 4.78 is 0. The SMILES string of the molecule is CC1(C)CN(Cc2cn[nH]c2-c2cccs2)CCC1N.Cl. The average Bonchev–Trinajstić information content (AvgIpc) is 3.03. The second-order valence-electron chi connectivity index (χ2n) is 6.34. The number of H-pyrrole nitrogens is 1. The van der Waals surface area contributed by atoms with Crippen molar-refractivity contribution in [3.8, 4) is 10.6 Å². The first-order chi connectivity index (χ1) is 9.56. The summed E-state index contributed by atoms with van der Waals surface area (Å²) in [7, 11) is 0. The molecular weight excluding hydrogens is 304 g/mol. The van der Waals surface area contributed by atoms with Crippen molar-refractivity contribution in [2.24, 2.45) is 11.1 Å². The Morgan fingerprint density at radius 1 is 1.52 bits per heavy atom. The maximum Gasteiger partial charge on any atom is 0.0794 e. The third-order valence-electron chi connectivity index (χ3n) is 4.27. The van der Waals surface area contributed by atoms with E-state index in [1.165, 1.54) is 10.4 Å². The molecule has 4 nitrogen and oxygen atoms in total. The van der Waals surface area contributed by atoms with E-state index < -0.39 is 0 Å². The summed E-state index contributed by atoms with van der Waals surface area (Å²) in [5, 5.41) is 9.46. The number of piperidine rings is 1. The third-order valence-corrected chi connectivity index (χ3v) is 5.16. The molecule has 1 fully saturated rings. The van der Waals surface area contributed by atoms with Crippen LogP contribution >= 0.6 is 23.7 Å². The Bertz CT molecular complexity index is 564. The van der Waals surface area contributed by atoms with Crippen LogP contribution in [0.2, 0.25) is 0 Å². The van der Waals surface area contributed by atoms with Gasteiger partial charge in [-0.25, -0.2) is 0 Å². The number of nitrogens with two attached hydrogens (primary N) is 1. The lowest BCUT2D eigenvalue weighted by atomic mass is 9.79. The van der Waals surface area contributed by atoms with Crippen molar-refractivity contribution in [3.63, 3.8) is 0 Å². The molecule has 0 saturated carbocycles. The van der Waals surface area contributed by atoms with Gasteiger partial charge < -0.3 is 5.73 Å². The molecule has 0 radical (unpaired) electrons. The molecule has 0 aromatic carbocycles. The van der Waals surface area contributed by atoms with Gasteiger partial charge in [0.15, 0.2) is 0 Å². The van der Waals surface area contributed by atoms with Crippen molar-refractivity contribution < 1.29 is 0 Å². The molecule has 21 heavy (non-hydrogen) atoms. The van der Waals surface area contributed by atoms with Crippen LogP contribution in [0.3, 0.4) is 0 Å². The molecule has 2 aromatic heterocycles. The van der Waals surface area contributed by atoms with Crippen LogP contribution in [0.15, 0.2) is 23.7 Å². The van der Waals surface area contributed by atoms with Crippen molar-refractivity contribution >= 4 is 23.7 Å². The predicted molar refractivity (Wildman–Crippen MR) is 90.8 cm³/mol. The number of thiophene rings is 1. The largest absolute Gasteiger partial charge is 0.327 e. The molecule has 1 aliphatic heterocycles. The average molecular weight is 327 g/mol. The van der Waals surface area contributed by atoms with E-state index in [9.17, 15) is 0 Å². The molecule has 1 atom stereocenters. The van der Waals surface area contributed by atoms with Gasteiger partial charge in [0.25, 0.3) is 0 Å². The summed E-state index contributed by atoms with van der Waals surface area (Å²) in [5.41, 5.74) is 8.83. The van der Waals surface area contributed by atoms with E-state index in [4.69, 9.17) is 5.73 Å². The highest BCUT2D eigenvalue weighted by Crippen LogP contribution is 2.31. The quantitative estimate of drug-likeness (QED) is 0.911. The van der Waals surface area contributed by atoms with E-state index in [2.05, 4.69) is 46.5 Å². The molecule has 1 aliphatic rings. The van der Waals surface area contributed by atoms with E-state index in [1.54, 1.807) is 11.3 Å². The molecule has 1 unspecified atom stereocenters. The van der Waals surface area contributed by atoms with Crippen LogP contribution in [0.25, 0.3) is 10.6 Å². The van der Waals surface area contributed by atoms with Crippen LogP contribution in [0, 0.1) is 5.41 Å². The monoisotopic (exact) mass is 326 g/mol. The number of rotatable bonds is 3. The minimum atomic E-state index is 0. The lowest BCUT2D eigenvalue weighted by Gasteiger charge is -2.42. The van der Waals surface area contributed by atoms with Crippen LogP contribution < -0.4 is 5.73 Å². The van der Waals surface area contributed by atoms with Crippen molar-refractivity contribution in [3.05, 3.63) is 29.3 Å². The first-order valence-corrected chi connectivity index (χ1v) is 7.98. The van der Waals surface area contributed by atoms with E-state index in [0.29, 0.717) is 6.04 Å². The van der Waals surface area contributed by atoms with Crippen molar-refractivity contribution in [1.29, 1.82) is 0 Å². The fraction of sp³-hybridized carbons (Fsp3) is 0.533. The van der Waals surface area contributed by atoms with Crippen molar-refractivity contribution in [2.75, 3.05) is 13.1 Å². The highest BCUT2D eigenvalue weighted by molar-refractivity contribution is 7.13. The summed E-state index contributed by atoms with van der Waals surface area (Å²) in [6, 6.07) is 4.52. The van der Waals surface area contributed by atoms with Gasteiger partial charge in [-0.2, -0.15) is 5.10 Å². The normalized spacial score (nSPS) is 22.0. The number of halogens is 1. The maximum atomic E-state index is 6.21. The van der Waals surface area contributed by atoms with Gasteiger partial charge >= 0.3 is 0 Å². The number of nitrogens with zero attached hydrogens (tertiary/aromatic N) is 2. The van der Waals surface area contributed by atoms with Gasteiger partial charge in [-0.05, 0) is 23.3 Å². The number of hydrogen-bond donors (Lipinski definition) is 2. The minimum Gasteiger partial charge on any atom is -0.327 e. The summed E-state index contributed by atoms with van der Waals surface area (Å²) >= 11 is 1.75. The van der Waals surface area contributed by atoms with E-state index in [1.807, 2.05) is 6.20 Å². The third kappa shape index (κ3) is 3.48. The molecule has 2 aromatic rings. The lowest BCUT2D eigenvalue weighted by molar-refractivity contribution is 0.0900. The molecule has 116 valence electrons. The van der Waals surface area contributed by atoms with E-state index in [-0.39, 0.29) is 17.8 Å². The summed E-state index contributed by atoms with van der Waals surface area (Å²) in [4.78, 5) is 3.75. The lowest BCUT2D eigenvalue weighted by Crippen LogP contribution is -2.52. The van der Waals surface area contributed by atoms with Crippen molar-refractivity contribution in [2.45, 2.75) is 32.9 Å². The smallest absolute Gasteiger partial charge is 0.0794 e. The topological polar surface area (TPSA) is 57.9 Å². The van der Waals surface area contributed by atoms with Crippen LogP contribution in [0.1, 0.15) is 25.8 Å². The fourth-order valence-corrected chi connectivity index (χ4v) is 3.68. The minimum absolute atomic E-state index is 0. The number of aromatic nitrogens is 2. The second kappa shape index (κ2) is 6.48. The molecule has 0 aliphatic carbocycles. The number of aromatic amines is 1. The summed E-state index contributed by atoms with van der Waals surface area (Å²) in [6.07, 6.45) is 3.02. The summed E-state index contributed by atoms with van der Waals surface area (Å²) in [5.74, 6) is 0. The highest BCUT2D eigenvalue weighted by Gasteiger charge is 2.33. The van der Waals surface area contributed by atoms with Crippen LogP contribution in [0.4, 0.5) is 0 Å². The fourth-order valence-electron chi connectivity index (χ4n) is 2.93. The Morgan fingerprint density at radius 2 is 2.33 bits per heavy atom. The van der Waals surface area contributed by atoms with Gasteiger partial charge in [0.1, 0.15) is 0 Å². The van der Waals surface area contributed by atoms with Gasteiger partial charge in [0.05, 0.1) is 16.8 Å². The molecule has 0 amide bonds. The van der Waals surface area contributed by atoms with E-state index in [0.717, 1.165) is 31.7 Å². The summed E-state index contributed by atoms with van der Waals surface area (Å²) in [6.45, 7) is 7.58. The Kier molecular flexibility index (Phi) is 5.09. The Balaban J connectivity index is 0.00000161. The highest BCUT2D eigenvalue weighted by atomic mass is 35.5. The first kappa shape index (κ1) is 16.5. The van der Waals surface area contributed by atoms with Gasteiger partial charge in [0.2, 0.25) is 0 Å². The number of nitrogens with one attached hydrogen (secondary N) is 1. The Labute approximate surface area is 136 Å². The zero-order chi connectivity index (χ0) is 14.2. The van der Waals surface area contributed by atoms with E-state index >= 15 is 0 Å². The number of likely N-dealkylation sites (tertiary alicyclic amines) is 1. The Hall–Kier alpha value is -0.880. The van der Waals surface area contributed by atoms with Crippen LogP contribution in [0.5, 0.6) is 0 Å². The van der Waals surface area contributed by atoms with Gasteiger partial charge in [0, 0.05) is 31.2 Å². The molecule has 0 bridgehead atoms. The van der Waals surface area contributed by atoms with Gasteiger partial charge in [-0.1, -0.05) is 19.9 Å². The zero-order valence-corrected chi connectivity index (χ0v) is 14.1. The van der Waals surface area contributed by atoms with Crippen LogP contribution in [-0.4, -0.2) is 34.2 Å². The second-order valence-corrected chi connectivity index (χ2v) is 7.29. The molecule has 3 rings (SSSR count). The molecule has 3 heterocycles. The zero-order valence-electron chi connectivity index (χ0n) is 12.5. The first-order valence-electron chi connectivity index (χ1n) is 7.10. The maximum absolute atomic E-state index is 6.21. The van der Waals surface area contributed by atoms with Gasteiger partial charge in [-0.3, -0.25) is 10.00 Å². The molecular formula is C15H23ClN4S. The van der Waals surface area contributed by atoms with Gasteiger partial charge in [-0.15, -0.1) is 23.7 Å². The number of hydrogen-bond acceptors (Lipinski definition) is 4. The molecule has 1 saturated heterocycles. The Morgan fingerprint density at radius 3 is 3.00 bits per heavy atom. The molecule has 6 heteroatoms. The molecule has 3 N–H and O–H groups in total. The molecule has 0 spiro atoms.